The van der Waals surface area contributed by atoms with Gasteiger partial charge in [-0.1, -0.05) is 80.5 Å². The van der Waals surface area contributed by atoms with Crippen LogP contribution in [0.4, 0.5) is 0 Å². The number of benzene rings is 3. The van der Waals surface area contributed by atoms with Gasteiger partial charge in [-0.25, -0.2) is 0 Å². The summed E-state index contributed by atoms with van der Waals surface area (Å²) in [5.41, 5.74) is 9.52. The van der Waals surface area contributed by atoms with Crippen molar-refractivity contribution < 1.29 is 29.5 Å². The fourth-order valence-electron chi connectivity index (χ4n) is 6.34. The quantitative estimate of drug-likeness (QED) is 0.157. The lowest BCUT2D eigenvalue weighted by atomic mass is 9.83. The standard InChI is InChI=1S/C42H57N3O6/c1-22-16-31(40(7,8)9)34(46)25(4)28(22)19-49-37-43-38(50-20-29-23(2)17-32(41(10,11)12)35(47)26(29)5)45-39(44-37)51-21-30-24(3)18-33(42(13,14)15)36(48)27(30)6/h16-18,46-48H,19-21H2,1-15H3. The van der Waals surface area contributed by atoms with Gasteiger partial charge in [0.25, 0.3) is 0 Å². The van der Waals surface area contributed by atoms with Gasteiger partial charge < -0.3 is 29.5 Å². The largest absolute Gasteiger partial charge is 0.507 e. The predicted molar refractivity (Wildman–Crippen MR) is 202 cm³/mol. The minimum atomic E-state index is -0.229. The lowest BCUT2D eigenvalue weighted by Crippen LogP contribution is -2.15. The summed E-state index contributed by atoms with van der Waals surface area (Å²) >= 11 is 0. The third-order valence-corrected chi connectivity index (χ3v) is 9.73. The fourth-order valence-corrected chi connectivity index (χ4v) is 6.34. The second-order valence-electron chi connectivity index (χ2n) is 16.9. The molecule has 0 aliphatic heterocycles. The van der Waals surface area contributed by atoms with Crippen LogP contribution in [0.1, 0.15) is 129 Å². The summed E-state index contributed by atoms with van der Waals surface area (Å²) in [6, 6.07) is 5.96. The Balaban J connectivity index is 1.70. The molecule has 0 amide bonds. The summed E-state index contributed by atoms with van der Waals surface area (Å²) in [6.45, 7) is 30.5. The third-order valence-electron chi connectivity index (χ3n) is 9.73. The molecule has 1 heterocycles. The van der Waals surface area contributed by atoms with Crippen LogP contribution in [0.3, 0.4) is 0 Å². The number of rotatable bonds is 9. The number of phenolic OH excluding ortho intramolecular Hbond substituents is 3. The summed E-state index contributed by atoms with van der Waals surface area (Å²) in [6.07, 6.45) is 0. The molecule has 0 radical (unpaired) electrons. The maximum absolute atomic E-state index is 11.1. The number of hydrogen-bond acceptors (Lipinski definition) is 9. The van der Waals surface area contributed by atoms with E-state index in [1.54, 1.807) is 0 Å². The second kappa shape index (κ2) is 14.2. The van der Waals surface area contributed by atoms with Crippen molar-refractivity contribution in [3.8, 4) is 35.3 Å². The van der Waals surface area contributed by atoms with Crippen molar-refractivity contribution in [1.82, 2.24) is 15.0 Å². The second-order valence-corrected chi connectivity index (χ2v) is 16.9. The van der Waals surface area contributed by atoms with Crippen LogP contribution < -0.4 is 14.2 Å². The van der Waals surface area contributed by atoms with Crippen molar-refractivity contribution in [1.29, 1.82) is 0 Å². The smallest absolute Gasteiger partial charge is 0.326 e. The molecular formula is C42H57N3O6. The van der Waals surface area contributed by atoms with E-state index >= 15 is 0 Å². The molecule has 0 saturated heterocycles. The number of aromatic nitrogens is 3. The maximum atomic E-state index is 11.1. The number of aromatic hydroxyl groups is 3. The van der Waals surface area contributed by atoms with E-state index in [2.05, 4.69) is 77.3 Å². The van der Waals surface area contributed by atoms with Gasteiger partial charge in [0.2, 0.25) is 0 Å². The maximum Gasteiger partial charge on any atom is 0.326 e. The number of aryl methyl sites for hydroxylation is 3. The van der Waals surface area contributed by atoms with Crippen LogP contribution in [0.25, 0.3) is 0 Å². The molecule has 9 nitrogen and oxygen atoms in total. The average molecular weight is 700 g/mol. The normalized spacial score (nSPS) is 12.3. The molecule has 1 aromatic heterocycles. The highest BCUT2D eigenvalue weighted by Crippen LogP contribution is 2.39. The Kier molecular flexibility index (Phi) is 11.0. The molecule has 0 fully saturated rings. The minimum absolute atomic E-state index is 0.00747. The van der Waals surface area contributed by atoms with Crippen LogP contribution in [0, 0.1) is 41.5 Å². The highest BCUT2D eigenvalue weighted by atomic mass is 16.5. The topological polar surface area (TPSA) is 127 Å². The molecule has 9 heteroatoms. The highest BCUT2D eigenvalue weighted by Gasteiger charge is 2.26. The Hall–Kier alpha value is -4.53. The van der Waals surface area contributed by atoms with Gasteiger partial charge in [0.1, 0.15) is 37.1 Å². The van der Waals surface area contributed by atoms with Gasteiger partial charge in [-0.05, 0) is 125 Å². The van der Waals surface area contributed by atoms with Gasteiger partial charge in [-0.3, -0.25) is 0 Å². The van der Waals surface area contributed by atoms with Gasteiger partial charge in [0.05, 0.1) is 0 Å². The predicted octanol–water partition coefficient (Wildman–Crippen LogP) is 9.47. The molecule has 3 N–H and O–H groups in total. The van der Waals surface area contributed by atoms with Gasteiger partial charge in [-0.2, -0.15) is 0 Å². The SMILES string of the molecule is Cc1cc(C(C)(C)C)c(O)c(C)c1COc1nc(OCc2c(C)cc(C(C)(C)C)c(O)c2C)nc(OCc2c(C)cc(C(C)(C)C)c(O)c2C)n1. The first-order valence-corrected chi connectivity index (χ1v) is 17.5. The Bertz CT molecular complexity index is 1710. The lowest BCUT2D eigenvalue weighted by Gasteiger charge is -2.24. The highest BCUT2D eigenvalue weighted by molar-refractivity contribution is 5.53. The zero-order chi connectivity index (χ0) is 38.4. The van der Waals surface area contributed by atoms with Crippen LogP contribution in [0.2, 0.25) is 0 Å². The molecule has 0 unspecified atom stereocenters. The monoisotopic (exact) mass is 699 g/mol. The fraction of sp³-hybridized carbons (Fsp3) is 0.500. The molecule has 3 aromatic carbocycles. The Morgan fingerprint density at radius 1 is 0.431 bits per heavy atom. The first-order chi connectivity index (χ1) is 23.4. The average Bonchev–Trinajstić information content (AvgIpc) is 3.00. The van der Waals surface area contributed by atoms with Gasteiger partial charge in [-0.15, -0.1) is 15.0 Å². The minimum Gasteiger partial charge on any atom is -0.507 e. The van der Waals surface area contributed by atoms with E-state index in [1.165, 1.54) is 0 Å². The Morgan fingerprint density at radius 3 is 0.843 bits per heavy atom. The van der Waals surface area contributed by atoms with Gasteiger partial charge in [0, 0.05) is 0 Å². The molecule has 4 aromatic rings. The molecule has 0 saturated carbocycles. The molecule has 4 rings (SSSR count). The summed E-state index contributed by atoms with van der Waals surface area (Å²) in [7, 11) is 0. The summed E-state index contributed by atoms with van der Waals surface area (Å²) < 4.78 is 18.4. The van der Waals surface area contributed by atoms with E-state index in [0.29, 0.717) is 0 Å². The van der Waals surface area contributed by atoms with Gasteiger partial charge in [0.15, 0.2) is 0 Å². The molecule has 276 valence electrons. The zero-order valence-corrected chi connectivity index (χ0v) is 33.3. The van der Waals surface area contributed by atoms with Crippen molar-refractivity contribution in [2.24, 2.45) is 0 Å². The number of ether oxygens (including phenoxy) is 3. The van der Waals surface area contributed by atoms with E-state index in [0.717, 1.165) is 66.8 Å². The molecule has 0 aliphatic carbocycles. The van der Waals surface area contributed by atoms with Crippen molar-refractivity contribution in [3.63, 3.8) is 0 Å². The number of nitrogens with zero attached hydrogens (tertiary/aromatic N) is 3. The summed E-state index contributed by atoms with van der Waals surface area (Å²) in [4.78, 5) is 13.4. The summed E-state index contributed by atoms with van der Waals surface area (Å²) in [5.74, 6) is 0.731. The van der Waals surface area contributed by atoms with Crippen molar-refractivity contribution in [3.05, 3.63) is 85.0 Å². The third kappa shape index (κ3) is 8.51. The van der Waals surface area contributed by atoms with Crippen molar-refractivity contribution in [2.75, 3.05) is 0 Å². The summed E-state index contributed by atoms with van der Waals surface area (Å²) in [5, 5.41) is 33.2. The van der Waals surface area contributed by atoms with Crippen LogP contribution in [0.5, 0.6) is 35.3 Å². The van der Waals surface area contributed by atoms with E-state index < -0.39 is 0 Å². The lowest BCUT2D eigenvalue weighted by molar-refractivity contribution is 0.221. The first kappa shape index (κ1) is 39.3. The van der Waals surface area contributed by atoms with Crippen LogP contribution >= 0.6 is 0 Å². The number of hydrogen-bond donors (Lipinski definition) is 3. The molecular weight excluding hydrogens is 642 g/mol. The molecule has 0 atom stereocenters. The number of phenols is 3. The molecule has 0 spiro atoms. The Morgan fingerprint density at radius 2 is 0.647 bits per heavy atom. The van der Waals surface area contributed by atoms with E-state index in [-0.39, 0.29) is 71.3 Å². The van der Waals surface area contributed by atoms with E-state index in [1.807, 2.05) is 59.7 Å². The Labute approximate surface area is 304 Å². The zero-order valence-electron chi connectivity index (χ0n) is 33.3. The van der Waals surface area contributed by atoms with Crippen LogP contribution in [0.15, 0.2) is 18.2 Å². The molecule has 0 bridgehead atoms. The van der Waals surface area contributed by atoms with Crippen molar-refractivity contribution >= 4 is 0 Å². The van der Waals surface area contributed by atoms with Crippen LogP contribution in [-0.4, -0.2) is 30.3 Å². The molecule has 51 heavy (non-hydrogen) atoms. The first-order valence-electron chi connectivity index (χ1n) is 17.5. The molecule has 0 aliphatic rings. The van der Waals surface area contributed by atoms with E-state index in [4.69, 9.17) is 14.2 Å². The van der Waals surface area contributed by atoms with Crippen LogP contribution in [-0.2, 0) is 36.1 Å². The van der Waals surface area contributed by atoms with Crippen molar-refractivity contribution in [2.45, 2.75) is 140 Å². The van der Waals surface area contributed by atoms with Gasteiger partial charge >= 0.3 is 18.0 Å². The van der Waals surface area contributed by atoms with E-state index in [9.17, 15) is 15.3 Å².